The van der Waals surface area contributed by atoms with Crippen LogP contribution in [0.1, 0.15) is 24.1 Å². The van der Waals surface area contributed by atoms with E-state index in [1.54, 1.807) is 14.2 Å². The molecule has 3 aliphatic rings. The molecule has 3 aliphatic heterocycles. The zero-order valence-corrected chi connectivity index (χ0v) is 18.7. The summed E-state index contributed by atoms with van der Waals surface area (Å²) < 4.78 is 29.3. The van der Waals surface area contributed by atoms with Crippen molar-refractivity contribution in [3.8, 4) is 5.75 Å². The minimum Gasteiger partial charge on any atom is -0.611 e. The Kier molecular flexibility index (Phi) is 5.68. The van der Waals surface area contributed by atoms with Crippen LogP contribution in [-0.4, -0.2) is 66.8 Å². The number of methoxy groups -OCH3 is 2. The van der Waals surface area contributed by atoms with Crippen molar-refractivity contribution in [1.29, 1.82) is 0 Å². The van der Waals surface area contributed by atoms with Crippen LogP contribution in [0, 0.1) is 0 Å². The number of hydrogen-bond donors (Lipinski definition) is 1. The quantitative estimate of drug-likeness (QED) is 0.678. The molecule has 2 saturated heterocycles. The SMILES string of the molecule is COc1ccc(C2(OC)CN(c3nc4c(c(NC5CCOCC5)n3)[S@+]([O-])CC4)C2)cc1. The van der Waals surface area contributed by atoms with Gasteiger partial charge in [0, 0.05) is 32.8 Å². The Morgan fingerprint density at radius 3 is 2.58 bits per heavy atom. The van der Waals surface area contributed by atoms with Gasteiger partial charge in [-0.05, 0) is 41.7 Å². The second kappa shape index (κ2) is 8.46. The Labute approximate surface area is 185 Å². The molecule has 0 radical (unpaired) electrons. The number of benzene rings is 1. The molecular formula is C22H28N4O4S. The van der Waals surface area contributed by atoms with E-state index >= 15 is 0 Å². The van der Waals surface area contributed by atoms with Gasteiger partial charge >= 0.3 is 0 Å². The monoisotopic (exact) mass is 444 g/mol. The lowest BCUT2D eigenvalue weighted by Gasteiger charge is -2.49. The molecule has 0 spiro atoms. The number of nitrogens with one attached hydrogen (secondary N) is 1. The number of rotatable bonds is 6. The van der Waals surface area contributed by atoms with Crippen molar-refractivity contribution in [3.05, 3.63) is 35.5 Å². The zero-order chi connectivity index (χ0) is 21.4. The molecule has 31 heavy (non-hydrogen) atoms. The van der Waals surface area contributed by atoms with Crippen molar-refractivity contribution < 1.29 is 18.8 Å². The van der Waals surface area contributed by atoms with Crippen molar-refractivity contribution in [2.24, 2.45) is 0 Å². The molecule has 2 aromatic rings. The summed E-state index contributed by atoms with van der Waals surface area (Å²) in [4.78, 5) is 12.5. The third kappa shape index (κ3) is 3.84. The van der Waals surface area contributed by atoms with Gasteiger partial charge in [0.05, 0.1) is 20.2 Å². The van der Waals surface area contributed by atoms with Gasteiger partial charge in [0.1, 0.15) is 22.8 Å². The number of nitrogens with zero attached hydrogens (tertiary/aromatic N) is 3. The van der Waals surface area contributed by atoms with E-state index in [-0.39, 0.29) is 6.04 Å². The fourth-order valence-corrected chi connectivity index (χ4v) is 5.81. The summed E-state index contributed by atoms with van der Waals surface area (Å²) >= 11 is -1.04. The molecule has 1 aromatic carbocycles. The number of hydrogen-bond acceptors (Lipinski definition) is 8. The van der Waals surface area contributed by atoms with E-state index in [1.165, 1.54) is 0 Å². The number of anilines is 2. The zero-order valence-electron chi connectivity index (χ0n) is 17.9. The van der Waals surface area contributed by atoms with Gasteiger partial charge in [-0.1, -0.05) is 12.1 Å². The Balaban J connectivity index is 1.38. The van der Waals surface area contributed by atoms with Crippen LogP contribution < -0.4 is 15.0 Å². The molecule has 1 aromatic heterocycles. The largest absolute Gasteiger partial charge is 0.611 e. The molecule has 166 valence electrons. The summed E-state index contributed by atoms with van der Waals surface area (Å²) in [5, 5.41) is 3.54. The Morgan fingerprint density at radius 2 is 1.90 bits per heavy atom. The minimum absolute atomic E-state index is 0.284. The number of aromatic nitrogens is 2. The predicted octanol–water partition coefficient (Wildman–Crippen LogP) is 2.10. The van der Waals surface area contributed by atoms with Crippen LogP contribution in [0.15, 0.2) is 29.2 Å². The number of fused-ring (bicyclic) bond motifs is 1. The molecular weight excluding hydrogens is 416 g/mol. The van der Waals surface area contributed by atoms with Gasteiger partial charge in [-0.15, -0.1) is 0 Å². The topological polar surface area (TPSA) is 91.8 Å². The molecule has 8 nitrogen and oxygen atoms in total. The standard InChI is InChI=1S/C22H28N4O4S/c1-28-17-5-3-15(4-6-17)22(29-2)13-26(14-22)21-24-18-9-12-31(27)19(18)20(25-21)23-16-7-10-30-11-8-16/h3-6,16H,7-14H2,1-2H3,(H,23,24,25)/t31-/m1/s1. The maximum Gasteiger partial charge on any atom is 0.228 e. The predicted molar refractivity (Wildman–Crippen MR) is 118 cm³/mol. The van der Waals surface area contributed by atoms with E-state index in [0.717, 1.165) is 60.2 Å². The van der Waals surface area contributed by atoms with Gasteiger partial charge in [0.25, 0.3) is 0 Å². The molecule has 0 saturated carbocycles. The van der Waals surface area contributed by atoms with Crippen LogP contribution in [0.2, 0.25) is 0 Å². The summed E-state index contributed by atoms with van der Waals surface area (Å²) in [5.41, 5.74) is 1.61. The van der Waals surface area contributed by atoms with Gasteiger partial charge in [-0.3, -0.25) is 0 Å². The molecule has 0 unspecified atom stereocenters. The van der Waals surface area contributed by atoms with Gasteiger partial charge in [0.15, 0.2) is 5.82 Å². The third-order valence-corrected chi connectivity index (χ3v) is 7.88. The van der Waals surface area contributed by atoms with Crippen LogP contribution in [-0.2, 0) is 32.7 Å². The van der Waals surface area contributed by atoms with Gasteiger partial charge in [-0.25, -0.2) is 4.98 Å². The Bertz CT molecular complexity index is 930. The van der Waals surface area contributed by atoms with E-state index in [9.17, 15) is 4.55 Å². The first-order valence-electron chi connectivity index (χ1n) is 10.7. The highest BCUT2D eigenvalue weighted by Gasteiger charge is 2.47. The highest BCUT2D eigenvalue weighted by Crippen LogP contribution is 2.40. The number of ether oxygens (including phenoxy) is 3. The van der Waals surface area contributed by atoms with Crippen LogP contribution >= 0.6 is 0 Å². The lowest BCUT2D eigenvalue weighted by molar-refractivity contribution is -0.0390. The van der Waals surface area contributed by atoms with Crippen molar-refractivity contribution in [2.45, 2.75) is 35.8 Å². The van der Waals surface area contributed by atoms with Gasteiger partial charge in [0.2, 0.25) is 10.8 Å². The summed E-state index contributed by atoms with van der Waals surface area (Å²) in [5.74, 6) is 2.84. The molecule has 0 amide bonds. The highest BCUT2D eigenvalue weighted by atomic mass is 32.2. The van der Waals surface area contributed by atoms with E-state index < -0.39 is 16.8 Å². The average molecular weight is 445 g/mol. The van der Waals surface area contributed by atoms with Gasteiger partial charge < -0.3 is 29.0 Å². The fraction of sp³-hybridized carbons (Fsp3) is 0.545. The molecule has 1 atom stereocenters. The fourth-order valence-electron chi connectivity index (χ4n) is 4.49. The smallest absolute Gasteiger partial charge is 0.228 e. The lowest BCUT2D eigenvalue weighted by Crippen LogP contribution is -2.61. The van der Waals surface area contributed by atoms with E-state index in [4.69, 9.17) is 24.2 Å². The lowest BCUT2D eigenvalue weighted by atomic mass is 9.86. The maximum atomic E-state index is 12.6. The number of aryl methyl sites for hydroxylation is 1. The van der Waals surface area contributed by atoms with Crippen LogP contribution in [0.3, 0.4) is 0 Å². The average Bonchev–Trinajstić information content (AvgIpc) is 3.15. The van der Waals surface area contributed by atoms with Crippen LogP contribution in [0.5, 0.6) is 5.75 Å². The van der Waals surface area contributed by atoms with Crippen molar-refractivity contribution >= 4 is 22.9 Å². The molecule has 5 rings (SSSR count). The van der Waals surface area contributed by atoms with E-state index in [0.29, 0.717) is 24.8 Å². The maximum absolute atomic E-state index is 12.6. The van der Waals surface area contributed by atoms with Gasteiger partial charge in [-0.2, -0.15) is 4.98 Å². The highest BCUT2D eigenvalue weighted by molar-refractivity contribution is 7.91. The minimum atomic E-state index is -1.04. The molecule has 1 N–H and O–H groups in total. The molecule has 9 heteroatoms. The Hall–Kier alpha value is -2.07. The summed E-state index contributed by atoms with van der Waals surface area (Å²) in [6.45, 7) is 2.80. The summed E-state index contributed by atoms with van der Waals surface area (Å²) in [6, 6.07) is 8.28. The van der Waals surface area contributed by atoms with Crippen LogP contribution in [0.4, 0.5) is 11.8 Å². The first kappa shape index (κ1) is 20.8. The molecule has 4 heterocycles. The third-order valence-electron chi connectivity index (χ3n) is 6.42. The summed E-state index contributed by atoms with van der Waals surface area (Å²) in [6.07, 6.45) is 2.57. The molecule has 0 bridgehead atoms. The second-order valence-corrected chi connectivity index (χ2v) is 9.77. The molecule has 2 fully saturated rings. The van der Waals surface area contributed by atoms with Crippen molar-refractivity contribution in [2.75, 3.05) is 56.5 Å². The first-order chi connectivity index (χ1) is 15.1. The van der Waals surface area contributed by atoms with Crippen molar-refractivity contribution in [3.63, 3.8) is 0 Å². The molecule has 0 aliphatic carbocycles. The van der Waals surface area contributed by atoms with Crippen LogP contribution in [0.25, 0.3) is 0 Å². The van der Waals surface area contributed by atoms with Crippen molar-refractivity contribution in [1.82, 2.24) is 9.97 Å². The summed E-state index contributed by atoms with van der Waals surface area (Å²) in [7, 11) is 3.41. The first-order valence-corrected chi connectivity index (χ1v) is 12.0. The van der Waals surface area contributed by atoms with E-state index in [1.807, 2.05) is 24.3 Å². The Morgan fingerprint density at radius 1 is 1.16 bits per heavy atom. The van der Waals surface area contributed by atoms with E-state index in [2.05, 4.69) is 10.2 Å². The second-order valence-electron chi connectivity index (χ2n) is 8.26. The normalized spacial score (nSPS) is 22.7.